The van der Waals surface area contributed by atoms with Crippen LogP contribution in [0.25, 0.3) is 0 Å². The molecule has 1 saturated carbocycles. The molecule has 2 N–H and O–H groups in total. The highest BCUT2D eigenvalue weighted by atomic mass is 79.9. The van der Waals surface area contributed by atoms with Gasteiger partial charge in [0.2, 0.25) is 0 Å². The molecule has 1 heterocycles. The van der Waals surface area contributed by atoms with Crippen molar-refractivity contribution in [3.8, 4) is 0 Å². The summed E-state index contributed by atoms with van der Waals surface area (Å²) >= 11 is 3.75. The third-order valence-electron chi connectivity index (χ3n) is 4.25. The van der Waals surface area contributed by atoms with E-state index >= 15 is 0 Å². The summed E-state index contributed by atoms with van der Waals surface area (Å²) < 4.78 is 3.40. The van der Waals surface area contributed by atoms with Gasteiger partial charge in [-0.3, -0.25) is 4.68 Å². The molecule has 0 spiro atoms. The van der Waals surface area contributed by atoms with Gasteiger partial charge in [-0.1, -0.05) is 26.2 Å². The molecule has 1 aliphatic rings. The summed E-state index contributed by atoms with van der Waals surface area (Å²) in [6, 6.07) is 0.398. The highest BCUT2D eigenvalue weighted by molar-refractivity contribution is 9.10. The number of aryl methyl sites for hydroxylation is 2. The fraction of sp³-hybridized carbons (Fsp3) is 0.800. The number of hydrogen-bond donors (Lipinski definition) is 1. The monoisotopic (exact) mass is 327 g/mol. The molecule has 0 amide bonds. The van der Waals surface area contributed by atoms with Crippen molar-refractivity contribution in [1.29, 1.82) is 0 Å². The molecular formula is C15H26BrN3. The summed E-state index contributed by atoms with van der Waals surface area (Å²) in [7, 11) is 0. The van der Waals surface area contributed by atoms with Crippen molar-refractivity contribution in [2.24, 2.45) is 11.7 Å². The molecule has 1 aliphatic carbocycles. The Morgan fingerprint density at radius 1 is 1.32 bits per heavy atom. The Kier molecular flexibility index (Phi) is 5.46. The van der Waals surface area contributed by atoms with Crippen LogP contribution >= 0.6 is 15.9 Å². The number of aromatic nitrogens is 2. The Labute approximate surface area is 125 Å². The second-order valence-corrected chi connectivity index (χ2v) is 6.52. The number of hydrogen-bond acceptors (Lipinski definition) is 2. The molecule has 2 unspecified atom stereocenters. The molecule has 0 radical (unpaired) electrons. The van der Waals surface area contributed by atoms with E-state index in [-0.39, 0.29) is 0 Å². The van der Waals surface area contributed by atoms with Crippen molar-refractivity contribution in [3.05, 3.63) is 15.9 Å². The zero-order chi connectivity index (χ0) is 13.8. The number of nitrogens with two attached hydrogens (primary N) is 1. The van der Waals surface area contributed by atoms with E-state index in [1.165, 1.54) is 48.0 Å². The summed E-state index contributed by atoms with van der Waals surface area (Å²) in [6.07, 6.45) is 8.42. The first-order valence-electron chi connectivity index (χ1n) is 7.65. The molecule has 4 heteroatoms. The summed E-state index contributed by atoms with van der Waals surface area (Å²) in [4.78, 5) is 0. The van der Waals surface area contributed by atoms with Crippen LogP contribution < -0.4 is 5.73 Å². The van der Waals surface area contributed by atoms with E-state index in [2.05, 4.69) is 34.5 Å². The lowest BCUT2D eigenvalue weighted by Gasteiger charge is -2.17. The largest absolute Gasteiger partial charge is 0.328 e. The minimum Gasteiger partial charge on any atom is -0.328 e. The van der Waals surface area contributed by atoms with Crippen molar-refractivity contribution in [2.45, 2.75) is 71.4 Å². The zero-order valence-corrected chi connectivity index (χ0v) is 13.7. The van der Waals surface area contributed by atoms with Crippen LogP contribution in [0.1, 0.15) is 57.3 Å². The lowest BCUT2D eigenvalue weighted by atomic mass is 9.93. The van der Waals surface area contributed by atoms with E-state index in [4.69, 9.17) is 10.8 Å². The van der Waals surface area contributed by atoms with Gasteiger partial charge in [-0.15, -0.1) is 0 Å². The second kappa shape index (κ2) is 6.89. The van der Waals surface area contributed by atoms with Crippen molar-refractivity contribution in [2.75, 3.05) is 0 Å². The Morgan fingerprint density at radius 2 is 2.05 bits per heavy atom. The summed E-state index contributed by atoms with van der Waals surface area (Å²) in [5.41, 5.74) is 8.75. The standard InChI is InChI=1S/C15H26BrN3/c1-3-13-15(16)14(19(4-2)18-13)10-11-7-5-6-8-12(17)9-11/h11-12H,3-10,17H2,1-2H3. The maximum absolute atomic E-state index is 6.18. The van der Waals surface area contributed by atoms with Crippen LogP contribution in [0.5, 0.6) is 0 Å². The molecule has 3 nitrogen and oxygen atoms in total. The van der Waals surface area contributed by atoms with Crippen molar-refractivity contribution < 1.29 is 0 Å². The molecule has 108 valence electrons. The second-order valence-electron chi connectivity index (χ2n) is 5.73. The van der Waals surface area contributed by atoms with Crippen LogP contribution in [0, 0.1) is 5.92 Å². The summed E-state index contributed by atoms with van der Waals surface area (Å²) in [5, 5.41) is 4.69. The molecule has 1 aromatic rings. The maximum atomic E-state index is 6.18. The first kappa shape index (κ1) is 15.0. The van der Waals surface area contributed by atoms with Crippen LogP contribution in [0.3, 0.4) is 0 Å². The molecule has 0 bridgehead atoms. The van der Waals surface area contributed by atoms with E-state index in [9.17, 15) is 0 Å². The predicted octanol–water partition coefficient (Wildman–Crippen LogP) is 3.68. The average Bonchev–Trinajstić information content (AvgIpc) is 2.57. The molecule has 0 saturated heterocycles. The highest BCUT2D eigenvalue weighted by Gasteiger charge is 2.22. The third kappa shape index (κ3) is 3.60. The van der Waals surface area contributed by atoms with Crippen molar-refractivity contribution in [1.82, 2.24) is 9.78 Å². The van der Waals surface area contributed by atoms with Crippen LogP contribution in [-0.4, -0.2) is 15.8 Å². The molecule has 0 aromatic carbocycles. The first-order chi connectivity index (χ1) is 9.15. The number of nitrogens with zero attached hydrogens (tertiary/aromatic N) is 2. The average molecular weight is 328 g/mol. The molecular weight excluding hydrogens is 302 g/mol. The Balaban J connectivity index is 2.15. The summed E-state index contributed by atoms with van der Waals surface area (Å²) in [5.74, 6) is 0.723. The molecule has 2 rings (SSSR count). The lowest BCUT2D eigenvalue weighted by molar-refractivity contribution is 0.416. The maximum Gasteiger partial charge on any atom is 0.0766 e. The van der Waals surface area contributed by atoms with E-state index < -0.39 is 0 Å². The van der Waals surface area contributed by atoms with Gasteiger partial charge in [-0.05, 0) is 54.5 Å². The molecule has 2 atom stereocenters. The predicted molar refractivity (Wildman–Crippen MR) is 83.2 cm³/mol. The van der Waals surface area contributed by atoms with E-state index in [0.717, 1.165) is 25.3 Å². The molecule has 0 aliphatic heterocycles. The minimum atomic E-state index is 0.398. The number of rotatable bonds is 4. The van der Waals surface area contributed by atoms with Gasteiger partial charge in [-0.2, -0.15) is 5.10 Å². The van der Waals surface area contributed by atoms with Gasteiger partial charge in [0.1, 0.15) is 0 Å². The highest BCUT2D eigenvalue weighted by Crippen LogP contribution is 2.30. The van der Waals surface area contributed by atoms with Gasteiger partial charge in [-0.25, -0.2) is 0 Å². The van der Waals surface area contributed by atoms with E-state index in [1.54, 1.807) is 0 Å². The van der Waals surface area contributed by atoms with E-state index in [0.29, 0.717) is 6.04 Å². The van der Waals surface area contributed by atoms with Crippen molar-refractivity contribution in [3.63, 3.8) is 0 Å². The van der Waals surface area contributed by atoms with Crippen LogP contribution in [0.15, 0.2) is 4.47 Å². The first-order valence-corrected chi connectivity index (χ1v) is 8.44. The fourth-order valence-corrected chi connectivity index (χ4v) is 3.90. The SMILES string of the molecule is CCc1nn(CC)c(CC2CCCCC(N)C2)c1Br. The quantitative estimate of drug-likeness (QED) is 0.857. The van der Waals surface area contributed by atoms with Crippen LogP contribution in [0.4, 0.5) is 0 Å². The minimum absolute atomic E-state index is 0.398. The van der Waals surface area contributed by atoms with Gasteiger partial charge in [0.15, 0.2) is 0 Å². The summed E-state index contributed by atoms with van der Waals surface area (Å²) in [6.45, 7) is 5.28. The fourth-order valence-electron chi connectivity index (χ4n) is 3.17. The van der Waals surface area contributed by atoms with E-state index in [1.807, 2.05) is 0 Å². The topological polar surface area (TPSA) is 43.8 Å². The molecule has 1 aromatic heterocycles. The van der Waals surface area contributed by atoms with Crippen LogP contribution in [0.2, 0.25) is 0 Å². The Morgan fingerprint density at radius 3 is 2.74 bits per heavy atom. The van der Waals surface area contributed by atoms with Gasteiger partial charge in [0.05, 0.1) is 15.9 Å². The van der Waals surface area contributed by atoms with Gasteiger partial charge in [0.25, 0.3) is 0 Å². The lowest BCUT2D eigenvalue weighted by Crippen LogP contribution is -2.23. The molecule has 1 fully saturated rings. The van der Waals surface area contributed by atoms with Gasteiger partial charge < -0.3 is 5.73 Å². The molecule has 19 heavy (non-hydrogen) atoms. The smallest absolute Gasteiger partial charge is 0.0766 e. The van der Waals surface area contributed by atoms with Gasteiger partial charge in [0, 0.05) is 12.6 Å². The van der Waals surface area contributed by atoms with Gasteiger partial charge >= 0.3 is 0 Å². The third-order valence-corrected chi connectivity index (χ3v) is 5.16. The Hall–Kier alpha value is -0.350. The number of halogens is 1. The normalized spacial score (nSPS) is 24.4. The van der Waals surface area contributed by atoms with Crippen molar-refractivity contribution >= 4 is 15.9 Å². The zero-order valence-electron chi connectivity index (χ0n) is 12.2. The van der Waals surface area contributed by atoms with Crippen LogP contribution in [-0.2, 0) is 19.4 Å². The Bertz CT molecular complexity index is 414.